The smallest absolute Gasteiger partial charge is 0.282 e. The Kier molecular flexibility index (Phi) is 8.27. The summed E-state index contributed by atoms with van der Waals surface area (Å²) in [4.78, 5) is 38.8. The molecular weight excluding hydrogens is 561 g/mol. The first-order valence-corrected chi connectivity index (χ1v) is 15.2. The first-order valence-electron chi connectivity index (χ1n) is 15.2. The van der Waals surface area contributed by atoms with Gasteiger partial charge < -0.3 is 28.9 Å². The SMILES string of the molecule is C=C(F)C(=O)N1CCN(c2nc(OC[C@@H]3CCCN3C)cc3c2CCN(c2cccc4ccn(C)c(=O)c24)C3)C[C@@H]1CC#N. The fourth-order valence-electron chi connectivity index (χ4n) is 6.82. The van der Waals surface area contributed by atoms with Crippen molar-refractivity contribution < 1.29 is 13.9 Å². The molecule has 230 valence electrons. The van der Waals surface area contributed by atoms with Crippen LogP contribution in [0.5, 0.6) is 5.88 Å². The molecule has 6 rings (SSSR count). The Morgan fingerprint density at radius 2 is 2.00 bits per heavy atom. The van der Waals surface area contributed by atoms with Gasteiger partial charge >= 0.3 is 0 Å². The number of nitriles is 1. The maximum absolute atomic E-state index is 13.8. The maximum atomic E-state index is 13.8. The number of rotatable bonds is 7. The summed E-state index contributed by atoms with van der Waals surface area (Å²) in [5, 5.41) is 11.1. The highest BCUT2D eigenvalue weighted by Gasteiger charge is 2.34. The van der Waals surface area contributed by atoms with Gasteiger partial charge in [-0.25, -0.2) is 4.39 Å². The molecule has 2 aromatic heterocycles. The molecule has 1 aromatic carbocycles. The predicted molar refractivity (Wildman–Crippen MR) is 168 cm³/mol. The second kappa shape index (κ2) is 12.3. The predicted octanol–water partition coefficient (Wildman–Crippen LogP) is 3.38. The van der Waals surface area contributed by atoms with E-state index in [1.807, 2.05) is 30.3 Å². The second-order valence-corrected chi connectivity index (χ2v) is 12.0. The minimum Gasteiger partial charge on any atom is -0.476 e. The number of amides is 1. The molecule has 11 heteroatoms. The summed E-state index contributed by atoms with van der Waals surface area (Å²) in [6.07, 6.45) is 4.77. The van der Waals surface area contributed by atoms with E-state index in [1.54, 1.807) is 17.8 Å². The fraction of sp³-hybridized carbons (Fsp3) is 0.455. The summed E-state index contributed by atoms with van der Waals surface area (Å²) in [6, 6.07) is 11.9. The monoisotopic (exact) mass is 599 g/mol. The zero-order valence-corrected chi connectivity index (χ0v) is 25.3. The van der Waals surface area contributed by atoms with Gasteiger partial charge in [-0.15, -0.1) is 0 Å². The molecule has 0 aliphatic carbocycles. The second-order valence-electron chi connectivity index (χ2n) is 12.0. The van der Waals surface area contributed by atoms with Crippen LogP contribution in [-0.2, 0) is 24.8 Å². The number of hydrogen-bond acceptors (Lipinski definition) is 8. The summed E-state index contributed by atoms with van der Waals surface area (Å²) >= 11 is 0. The van der Waals surface area contributed by atoms with E-state index < -0.39 is 17.8 Å². The van der Waals surface area contributed by atoms with Crippen molar-refractivity contribution in [2.75, 3.05) is 56.2 Å². The van der Waals surface area contributed by atoms with Crippen molar-refractivity contribution in [3.63, 3.8) is 0 Å². The molecule has 2 saturated heterocycles. The molecule has 2 fully saturated rings. The van der Waals surface area contributed by atoms with Gasteiger partial charge in [0.05, 0.1) is 29.6 Å². The number of benzene rings is 1. The number of pyridine rings is 2. The average molecular weight is 600 g/mol. The number of aromatic nitrogens is 2. The number of ether oxygens (including phenoxy) is 1. The largest absolute Gasteiger partial charge is 0.476 e. The van der Waals surface area contributed by atoms with Crippen LogP contribution >= 0.6 is 0 Å². The van der Waals surface area contributed by atoms with Crippen molar-refractivity contribution in [1.82, 2.24) is 19.4 Å². The van der Waals surface area contributed by atoms with Gasteiger partial charge in [0.15, 0.2) is 5.83 Å². The Hall–Kier alpha value is -4.43. The Bertz CT molecular complexity index is 1700. The number of likely N-dealkylation sites (N-methyl/N-ethyl adjacent to an activating group) is 1. The van der Waals surface area contributed by atoms with Gasteiger partial charge in [0.2, 0.25) is 5.88 Å². The van der Waals surface area contributed by atoms with Crippen molar-refractivity contribution >= 4 is 28.2 Å². The molecule has 3 aliphatic heterocycles. The van der Waals surface area contributed by atoms with E-state index in [1.165, 1.54) is 4.90 Å². The van der Waals surface area contributed by atoms with Crippen LogP contribution in [0.2, 0.25) is 0 Å². The number of anilines is 2. The van der Waals surface area contributed by atoms with Gasteiger partial charge in [0.25, 0.3) is 11.5 Å². The summed E-state index contributed by atoms with van der Waals surface area (Å²) in [7, 11) is 3.88. The van der Waals surface area contributed by atoms with Gasteiger partial charge in [0.1, 0.15) is 12.4 Å². The first kappa shape index (κ1) is 29.6. The molecule has 10 nitrogen and oxygen atoms in total. The molecule has 0 unspecified atom stereocenters. The topological polar surface area (TPSA) is 97.9 Å². The molecule has 2 atom stereocenters. The van der Waals surface area contributed by atoms with E-state index in [-0.39, 0.29) is 18.5 Å². The van der Waals surface area contributed by atoms with E-state index >= 15 is 0 Å². The number of likely N-dealkylation sites (tertiary alicyclic amines) is 1. The van der Waals surface area contributed by atoms with Crippen molar-refractivity contribution in [1.29, 1.82) is 5.26 Å². The normalized spacial score (nSPS) is 20.5. The molecule has 5 heterocycles. The molecule has 0 radical (unpaired) electrons. The van der Waals surface area contributed by atoms with Crippen LogP contribution in [0.1, 0.15) is 30.4 Å². The van der Waals surface area contributed by atoms with E-state index in [2.05, 4.69) is 34.4 Å². The number of aryl methyl sites for hydroxylation is 1. The highest BCUT2D eigenvalue weighted by atomic mass is 19.1. The number of nitrogens with zero attached hydrogens (tertiary/aromatic N) is 7. The van der Waals surface area contributed by atoms with Crippen molar-refractivity contribution in [2.24, 2.45) is 7.05 Å². The zero-order valence-electron chi connectivity index (χ0n) is 25.3. The van der Waals surface area contributed by atoms with Crippen LogP contribution in [0.15, 0.2) is 53.7 Å². The van der Waals surface area contributed by atoms with Gasteiger partial charge in [0, 0.05) is 63.6 Å². The summed E-state index contributed by atoms with van der Waals surface area (Å²) in [5.74, 6) is -0.482. The molecule has 3 aromatic rings. The highest BCUT2D eigenvalue weighted by molar-refractivity contribution is 5.94. The third-order valence-electron chi connectivity index (χ3n) is 9.29. The molecule has 0 N–H and O–H groups in total. The Morgan fingerprint density at radius 1 is 1.16 bits per heavy atom. The van der Waals surface area contributed by atoms with Gasteiger partial charge in [-0.3, -0.25) is 9.59 Å². The number of carbonyl (C=O) groups is 1. The van der Waals surface area contributed by atoms with Crippen LogP contribution in [0.25, 0.3) is 10.8 Å². The average Bonchev–Trinajstić information content (AvgIpc) is 3.44. The zero-order chi connectivity index (χ0) is 31.0. The standard InChI is InChI=1S/C33H38FN7O3/c1-22(34)32(42)41-17-16-40(20-25(41)9-12-35)31-27-11-15-39(28-8-4-6-23-10-14-38(3)33(43)30(23)28)19-24(27)18-29(36-31)44-21-26-7-5-13-37(26)2/h4,6,8,10,14,18,25-26H,1,5,7,9,11,13,15-17,19-21H2,2-3H3/t25-,26-/m0/s1. The molecule has 44 heavy (non-hydrogen) atoms. The van der Waals surface area contributed by atoms with Gasteiger partial charge in [-0.05, 0) is 55.9 Å². The van der Waals surface area contributed by atoms with Crippen LogP contribution in [-0.4, -0.2) is 83.7 Å². The lowest BCUT2D eigenvalue weighted by atomic mass is 9.98. The minimum atomic E-state index is -1.02. The number of halogens is 1. The van der Waals surface area contributed by atoms with Crippen molar-refractivity contribution in [3.05, 3.63) is 70.4 Å². The maximum Gasteiger partial charge on any atom is 0.282 e. The molecular formula is C33H38FN7O3. The van der Waals surface area contributed by atoms with Crippen LogP contribution in [0.3, 0.4) is 0 Å². The Labute approximate surface area is 256 Å². The number of hydrogen-bond donors (Lipinski definition) is 0. The highest BCUT2D eigenvalue weighted by Crippen LogP contribution is 2.36. The lowest BCUT2D eigenvalue weighted by Crippen LogP contribution is -2.55. The van der Waals surface area contributed by atoms with Crippen LogP contribution in [0.4, 0.5) is 15.9 Å². The molecule has 3 aliphatic rings. The lowest BCUT2D eigenvalue weighted by molar-refractivity contribution is -0.131. The number of carbonyl (C=O) groups excluding carboxylic acids is 1. The summed E-state index contributed by atoms with van der Waals surface area (Å²) in [6.45, 7) is 7.07. The minimum absolute atomic E-state index is 0.0315. The van der Waals surface area contributed by atoms with E-state index in [9.17, 15) is 19.2 Å². The van der Waals surface area contributed by atoms with Crippen LogP contribution < -0.4 is 20.1 Å². The van der Waals surface area contributed by atoms with Gasteiger partial charge in [-0.1, -0.05) is 18.7 Å². The quantitative estimate of drug-likeness (QED) is 0.382. The third-order valence-corrected chi connectivity index (χ3v) is 9.29. The van der Waals surface area contributed by atoms with Gasteiger partial charge in [-0.2, -0.15) is 10.2 Å². The lowest BCUT2D eigenvalue weighted by Gasteiger charge is -2.42. The van der Waals surface area contributed by atoms with Crippen molar-refractivity contribution in [2.45, 2.75) is 44.3 Å². The summed E-state index contributed by atoms with van der Waals surface area (Å²) in [5.41, 5.74) is 3.02. The molecule has 0 saturated carbocycles. The van der Waals surface area contributed by atoms with E-state index in [4.69, 9.17) is 9.72 Å². The molecule has 0 bridgehead atoms. The summed E-state index contributed by atoms with van der Waals surface area (Å²) < 4.78 is 21.8. The molecule has 1 amide bonds. The van der Waals surface area contributed by atoms with Crippen molar-refractivity contribution in [3.8, 4) is 11.9 Å². The van der Waals surface area contributed by atoms with E-state index in [0.29, 0.717) is 56.5 Å². The number of fused-ring (bicyclic) bond motifs is 2. The molecule has 0 spiro atoms. The Morgan fingerprint density at radius 3 is 2.75 bits per heavy atom. The fourth-order valence-corrected chi connectivity index (χ4v) is 6.82. The van der Waals surface area contributed by atoms with E-state index in [0.717, 1.165) is 47.4 Å². The number of piperazine rings is 1. The first-order chi connectivity index (χ1) is 21.2. The Balaban J connectivity index is 1.35. The third kappa shape index (κ3) is 5.62. The van der Waals surface area contributed by atoms with Crippen LogP contribution in [0, 0.1) is 11.3 Å².